The number of aryl methyl sites for hydroxylation is 3. The van der Waals surface area contributed by atoms with Gasteiger partial charge in [-0.2, -0.15) is 0 Å². The van der Waals surface area contributed by atoms with Crippen molar-refractivity contribution >= 4 is 11.5 Å². The average Bonchev–Trinajstić information content (AvgIpc) is 2.95. The summed E-state index contributed by atoms with van der Waals surface area (Å²) in [5.74, 6) is 1.47. The Morgan fingerprint density at radius 2 is 1.59 bits per heavy atom. The second kappa shape index (κ2) is 6.45. The van der Waals surface area contributed by atoms with Gasteiger partial charge in [0.05, 0.1) is 12.0 Å². The van der Waals surface area contributed by atoms with Gasteiger partial charge in [0.25, 0.3) is 5.84 Å². The maximum atomic E-state index is 9.53. The summed E-state index contributed by atoms with van der Waals surface area (Å²) in [6.07, 6.45) is -1.52. The van der Waals surface area contributed by atoms with Crippen LogP contribution in [0.15, 0.2) is 36.4 Å². The minimum absolute atomic E-state index is 0.236. The van der Waals surface area contributed by atoms with Crippen molar-refractivity contribution in [3.63, 3.8) is 0 Å². The fourth-order valence-electron chi connectivity index (χ4n) is 6.05. The molecule has 0 saturated carbocycles. The van der Waals surface area contributed by atoms with E-state index in [-0.39, 0.29) is 12.0 Å². The summed E-state index contributed by atoms with van der Waals surface area (Å²) in [4.78, 5) is 2.39. The molecule has 2 heteroatoms. The highest BCUT2D eigenvalue weighted by molar-refractivity contribution is 6.01. The lowest BCUT2D eigenvalue weighted by Crippen LogP contribution is -2.56. The third-order valence-corrected chi connectivity index (χ3v) is 7.07. The monoisotopic (exact) mass is 391 g/mol. The van der Waals surface area contributed by atoms with Crippen LogP contribution in [0.3, 0.4) is 0 Å². The van der Waals surface area contributed by atoms with E-state index in [0.29, 0.717) is 0 Å². The number of anilines is 1. The van der Waals surface area contributed by atoms with Crippen molar-refractivity contribution in [3.8, 4) is 0 Å². The minimum atomic E-state index is -1.52. The van der Waals surface area contributed by atoms with E-state index in [1.807, 2.05) is 12.1 Å². The third-order valence-electron chi connectivity index (χ3n) is 7.07. The van der Waals surface area contributed by atoms with Gasteiger partial charge < -0.3 is 0 Å². The average molecular weight is 392 g/mol. The van der Waals surface area contributed by atoms with Gasteiger partial charge in [0.15, 0.2) is 11.1 Å². The Morgan fingerprint density at radius 3 is 2.14 bits per heavy atom. The number of nitrogens with zero attached hydrogens (tertiary/aromatic N) is 2. The molecule has 4 rings (SSSR count). The molecule has 2 aliphatic rings. The fourth-order valence-corrected chi connectivity index (χ4v) is 6.05. The molecule has 0 N–H and O–H groups in total. The molecule has 29 heavy (non-hydrogen) atoms. The zero-order valence-electron chi connectivity index (χ0n) is 21.5. The summed E-state index contributed by atoms with van der Waals surface area (Å²) in [5, 5.41) is 0. The Kier molecular flexibility index (Phi) is 3.95. The zero-order chi connectivity index (χ0) is 23.1. The number of rotatable bonds is 3. The van der Waals surface area contributed by atoms with Crippen LogP contribution in [0.25, 0.3) is 0 Å². The molecule has 1 heterocycles. The van der Waals surface area contributed by atoms with Crippen molar-refractivity contribution < 1.29 is 7.32 Å². The summed E-state index contributed by atoms with van der Waals surface area (Å²) in [5.41, 5.74) is 5.45. The Labute approximate surface area is 180 Å². The zero-order valence-corrected chi connectivity index (χ0v) is 19.5. The molecule has 154 valence electrons. The van der Waals surface area contributed by atoms with Crippen LogP contribution < -0.4 is 4.90 Å². The SMILES string of the molecule is [2H]C1([2H])c2ccccc2[C@@]2(C)[N+](C(C)C)=C(C(C)C)N(c3c(C)cc(C)cc3C)[C@@]12C. The van der Waals surface area contributed by atoms with E-state index in [1.165, 1.54) is 22.5 Å². The molecule has 1 aliphatic heterocycles. The van der Waals surface area contributed by atoms with Crippen molar-refractivity contribution in [3.05, 3.63) is 64.2 Å². The Bertz CT molecular complexity index is 1080. The van der Waals surface area contributed by atoms with Crippen molar-refractivity contribution in [2.75, 3.05) is 4.90 Å². The molecule has 2 nitrogen and oxygen atoms in total. The van der Waals surface area contributed by atoms with Crippen molar-refractivity contribution in [1.82, 2.24) is 0 Å². The first-order chi connectivity index (χ1) is 14.3. The topological polar surface area (TPSA) is 6.25 Å². The van der Waals surface area contributed by atoms with Gasteiger partial charge in [0, 0.05) is 14.7 Å². The molecule has 0 radical (unpaired) electrons. The van der Waals surface area contributed by atoms with Gasteiger partial charge in [0.2, 0.25) is 0 Å². The highest BCUT2D eigenvalue weighted by Gasteiger charge is 2.70. The number of hydrogen-bond acceptors (Lipinski definition) is 1. The second-order valence-electron chi connectivity index (χ2n) is 9.87. The van der Waals surface area contributed by atoms with Crippen LogP contribution in [-0.2, 0) is 11.9 Å². The first-order valence-electron chi connectivity index (χ1n) is 12.0. The summed E-state index contributed by atoms with van der Waals surface area (Å²) < 4.78 is 21.6. The third kappa shape index (κ3) is 2.50. The van der Waals surface area contributed by atoms with Gasteiger partial charge in [0.1, 0.15) is 5.69 Å². The van der Waals surface area contributed by atoms with Crippen LogP contribution in [0.5, 0.6) is 0 Å². The molecule has 2 atom stereocenters. The number of fused-ring (bicyclic) bond motifs is 3. The van der Waals surface area contributed by atoms with Gasteiger partial charge in [-0.25, -0.2) is 9.48 Å². The molecular weight excluding hydrogens is 352 g/mol. The molecule has 0 bridgehead atoms. The van der Waals surface area contributed by atoms with Crippen molar-refractivity contribution in [1.29, 1.82) is 0 Å². The standard InChI is InChI=1S/C27H37N2/c1-17(2)25-28(18(3)4)27(9)23-13-11-10-12-22(23)16-26(27,8)29(25)24-20(6)14-19(5)15-21(24)7/h10-15,17-18H,16H2,1-9H3/q+1/t26-,27+/m0/s1/i16D2. The molecule has 0 fully saturated rings. The molecule has 0 amide bonds. The second-order valence-corrected chi connectivity index (χ2v) is 9.87. The lowest BCUT2D eigenvalue weighted by molar-refractivity contribution is -0.639. The molecule has 0 saturated heterocycles. The highest BCUT2D eigenvalue weighted by atomic mass is 15.4. The normalized spacial score (nSPS) is 28.7. The first kappa shape index (κ1) is 17.7. The maximum absolute atomic E-state index is 9.53. The van der Waals surface area contributed by atoms with Gasteiger partial charge in [-0.15, -0.1) is 0 Å². The minimum Gasteiger partial charge on any atom is -0.249 e. The highest BCUT2D eigenvalue weighted by Crippen LogP contribution is 2.56. The van der Waals surface area contributed by atoms with E-state index < -0.39 is 17.5 Å². The number of hydrogen-bond donors (Lipinski definition) is 0. The van der Waals surface area contributed by atoms with Gasteiger partial charge in [-0.3, -0.25) is 0 Å². The molecule has 0 aromatic heterocycles. The summed E-state index contributed by atoms with van der Waals surface area (Å²) >= 11 is 0. The summed E-state index contributed by atoms with van der Waals surface area (Å²) in [7, 11) is 0. The molecular formula is C27H37N2+. The lowest BCUT2D eigenvalue weighted by atomic mass is 9.78. The largest absolute Gasteiger partial charge is 0.256 e. The Hall–Kier alpha value is -2.09. The Balaban J connectivity index is 2.20. The van der Waals surface area contributed by atoms with Gasteiger partial charge in [-0.1, -0.05) is 55.8 Å². The van der Waals surface area contributed by atoms with Crippen LogP contribution in [0, 0.1) is 26.7 Å². The molecule has 0 spiro atoms. The van der Waals surface area contributed by atoms with Gasteiger partial charge >= 0.3 is 0 Å². The molecule has 0 unspecified atom stereocenters. The smallest absolute Gasteiger partial charge is 0.249 e. The number of amidine groups is 1. The number of benzene rings is 2. The van der Waals surface area contributed by atoms with E-state index in [4.69, 9.17) is 0 Å². The van der Waals surface area contributed by atoms with Crippen molar-refractivity contribution in [2.24, 2.45) is 5.92 Å². The van der Waals surface area contributed by atoms with Gasteiger partial charge in [-0.05, 0) is 65.2 Å². The van der Waals surface area contributed by atoms with E-state index in [2.05, 4.69) is 96.1 Å². The molecule has 1 aliphatic carbocycles. The summed E-state index contributed by atoms with van der Waals surface area (Å²) in [6, 6.07) is 12.9. The van der Waals surface area contributed by atoms with E-state index in [0.717, 1.165) is 16.8 Å². The maximum Gasteiger partial charge on any atom is 0.256 e. The molecule has 2 aromatic carbocycles. The predicted molar refractivity (Wildman–Crippen MR) is 124 cm³/mol. The van der Waals surface area contributed by atoms with Crippen LogP contribution in [0.1, 0.15) is 72.1 Å². The van der Waals surface area contributed by atoms with E-state index >= 15 is 0 Å². The summed E-state index contributed by atoms with van der Waals surface area (Å²) in [6.45, 7) is 19.9. The Morgan fingerprint density at radius 1 is 1.00 bits per heavy atom. The van der Waals surface area contributed by atoms with Crippen molar-refractivity contribution in [2.45, 2.75) is 85.8 Å². The van der Waals surface area contributed by atoms with Crippen LogP contribution in [-0.4, -0.2) is 22.0 Å². The molecule has 2 aromatic rings. The lowest BCUT2D eigenvalue weighted by Gasteiger charge is -2.38. The fraction of sp³-hybridized carbons (Fsp3) is 0.519. The van der Waals surface area contributed by atoms with Crippen LogP contribution in [0.2, 0.25) is 0 Å². The predicted octanol–water partition coefficient (Wildman–Crippen LogP) is 6.14. The quantitative estimate of drug-likeness (QED) is 0.570. The van der Waals surface area contributed by atoms with E-state index in [9.17, 15) is 2.74 Å². The van der Waals surface area contributed by atoms with Crippen LogP contribution >= 0.6 is 0 Å². The first-order valence-corrected chi connectivity index (χ1v) is 11.0. The van der Waals surface area contributed by atoms with E-state index in [1.54, 1.807) is 0 Å². The van der Waals surface area contributed by atoms with Crippen LogP contribution in [0.4, 0.5) is 5.69 Å².